The fourth-order valence-corrected chi connectivity index (χ4v) is 5.14. The predicted octanol–water partition coefficient (Wildman–Crippen LogP) is 4.50. The zero-order valence-electron chi connectivity index (χ0n) is 19.8. The summed E-state index contributed by atoms with van der Waals surface area (Å²) in [6.45, 7) is 0. The summed E-state index contributed by atoms with van der Waals surface area (Å²) in [5, 5.41) is 0.975. The molecule has 172 valence electrons. The van der Waals surface area contributed by atoms with Crippen LogP contribution in [0.1, 0.15) is 17.5 Å². The predicted molar refractivity (Wildman–Crippen MR) is 135 cm³/mol. The molecular formula is C28H27N3O3. The molecule has 6 nitrogen and oxygen atoms in total. The standard InChI is InChI=1S/C28H27N3O3/c1-29-18-23(21-9-5-7-11-24(21)29)28(22-10-6-8-12-25(22)31(3)27(28)33)17-26(32)30(2)19-13-15-20(34-4)16-14-19/h5-16,18H,17H2,1-4H3/t28-/m0/s1. The Hall–Kier alpha value is -4.06. The van der Waals surface area contributed by atoms with Crippen molar-refractivity contribution in [3.05, 3.63) is 90.1 Å². The van der Waals surface area contributed by atoms with Gasteiger partial charge in [0, 0.05) is 56.0 Å². The highest BCUT2D eigenvalue weighted by atomic mass is 16.5. The van der Waals surface area contributed by atoms with Gasteiger partial charge in [-0.3, -0.25) is 9.59 Å². The van der Waals surface area contributed by atoms with E-state index in [0.29, 0.717) is 0 Å². The first-order valence-electron chi connectivity index (χ1n) is 11.2. The lowest BCUT2D eigenvalue weighted by molar-refractivity contribution is -0.126. The molecule has 0 aliphatic carbocycles. The number of aromatic nitrogens is 1. The Morgan fingerprint density at radius 2 is 1.62 bits per heavy atom. The molecule has 0 saturated heterocycles. The largest absolute Gasteiger partial charge is 0.497 e. The Balaban J connectivity index is 1.67. The second kappa shape index (κ2) is 8.06. The van der Waals surface area contributed by atoms with Crippen molar-refractivity contribution in [1.29, 1.82) is 0 Å². The summed E-state index contributed by atoms with van der Waals surface area (Å²) in [7, 11) is 7.11. The summed E-state index contributed by atoms with van der Waals surface area (Å²) in [6.07, 6.45) is 2.02. The first kappa shape index (κ1) is 21.8. The van der Waals surface area contributed by atoms with E-state index in [4.69, 9.17) is 4.74 Å². The molecule has 3 aromatic carbocycles. The van der Waals surface area contributed by atoms with Crippen molar-refractivity contribution in [2.24, 2.45) is 7.05 Å². The van der Waals surface area contributed by atoms with Gasteiger partial charge in [-0.05, 0) is 47.5 Å². The SMILES string of the molecule is COc1ccc(N(C)C(=O)C[C@]2(c3cn(C)c4ccccc34)C(=O)N(C)c3ccccc32)cc1. The van der Waals surface area contributed by atoms with Crippen molar-refractivity contribution in [1.82, 2.24) is 4.57 Å². The number of nitrogens with zero attached hydrogens (tertiary/aromatic N) is 3. The Morgan fingerprint density at radius 3 is 2.35 bits per heavy atom. The van der Waals surface area contributed by atoms with Crippen molar-refractivity contribution >= 4 is 34.1 Å². The number of amides is 2. The number of fused-ring (bicyclic) bond motifs is 2. The average molecular weight is 454 g/mol. The third-order valence-electron chi connectivity index (χ3n) is 7.00. The minimum absolute atomic E-state index is 0.0176. The lowest BCUT2D eigenvalue weighted by atomic mass is 9.72. The van der Waals surface area contributed by atoms with Crippen LogP contribution in [0, 0.1) is 0 Å². The molecule has 4 aromatic rings. The van der Waals surface area contributed by atoms with Crippen molar-refractivity contribution in [2.45, 2.75) is 11.8 Å². The number of hydrogen-bond acceptors (Lipinski definition) is 3. The van der Waals surface area contributed by atoms with Crippen LogP contribution in [0.3, 0.4) is 0 Å². The van der Waals surface area contributed by atoms with E-state index < -0.39 is 5.41 Å². The van der Waals surface area contributed by atoms with E-state index in [1.807, 2.05) is 90.6 Å². The third kappa shape index (κ3) is 3.10. The second-order valence-electron chi connectivity index (χ2n) is 8.79. The van der Waals surface area contributed by atoms with Gasteiger partial charge in [0.1, 0.15) is 11.2 Å². The molecule has 1 aliphatic rings. The smallest absolute Gasteiger partial charge is 0.242 e. The van der Waals surface area contributed by atoms with Gasteiger partial charge in [0.05, 0.1) is 7.11 Å². The number of hydrogen-bond donors (Lipinski definition) is 0. The minimum atomic E-state index is -1.12. The Labute approximate surface area is 199 Å². The van der Waals surface area contributed by atoms with Crippen LogP contribution in [0.15, 0.2) is 79.0 Å². The summed E-state index contributed by atoms with van der Waals surface area (Å²) in [6, 6.07) is 23.1. The van der Waals surface area contributed by atoms with Crippen LogP contribution in [0.5, 0.6) is 5.75 Å². The molecule has 1 atom stereocenters. The van der Waals surface area contributed by atoms with Gasteiger partial charge in [0.15, 0.2) is 0 Å². The number of ether oxygens (including phenoxy) is 1. The molecule has 2 amide bonds. The molecule has 1 aliphatic heterocycles. The molecule has 0 spiro atoms. The zero-order valence-corrected chi connectivity index (χ0v) is 19.8. The zero-order chi connectivity index (χ0) is 24.0. The van der Waals surface area contributed by atoms with Crippen LogP contribution >= 0.6 is 0 Å². The topological polar surface area (TPSA) is 54.8 Å². The van der Waals surface area contributed by atoms with Crippen LogP contribution in [-0.4, -0.2) is 37.6 Å². The van der Waals surface area contributed by atoms with Crippen molar-refractivity contribution < 1.29 is 14.3 Å². The quantitative estimate of drug-likeness (QED) is 0.447. The second-order valence-corrected chi connectivity index (χ2v) is 8.79. The number of aryl methyl sites for hydroxylation is 1. The molecule has 34 heavy (non-hydrogen) atoms. The summed E-state index contributed by atoms with van der Waals surface area (Å²) in [5.41, 5.74) is 3.18. The molecule has 2 heterocycles. The maximum Gasteiger partial charge on any atom is 0.242 e. The molecule has 0 radical (unpaired) electrons. The van der Waals surface area contributed by atoms with E-state index in [-0.39, 0.29) is 18.2 Å². The van der Waals surface area contributed by atoms with Gasteiger partial charge in [-0.1, -0.05) is 36.4 Å². The first-order chi connectivity index (χ1) is 16.4. The molecule has 5 rings (SSSR count). The maximum atomic E-state index is 14.0. The van der Waals surface area contributed by atoms with Gasteiger partial charge in [0.25, 0.3) is 0 Å². The van der Waals surface area contributed by atoms with Crippen LogP contribution in [-0.2, 0) is 22.1 Å². The van der Waals surface area contributed by atoms with E-state index >= 15 is 0 Å². The summed E-state index contributed by atoms with van der Waals surface area (Å²) < 4.78 is 7.27. The van der Waals surface area contributed by atoms with Gasteiger partial charge in [0.2, 0.25) is 11.8 Å². The van der Waals surface area contributed by atoms with Crippen molar-refractivity contribution in [2.75, 3.05) is 31.0 Å². The highest BCUT2D eigenvalue weighted by Crippen LogP contribution is 2.50. The van der Waals surface area contributed by atoms with Gasteiger partial charge < -0.3 is 19.1 Å². The first-order valence-corrected chi connectivity index (χ1v) is 11.2. The minimum Gasteiger partial charge on any atom is -0.497 e. The lowest BCUT2D eigenvalue weighted by Gasteiger charge is -2.30. The number of likely N-dealkylation sites (N-methyl/N-ethyl adjacent to an activating group) is 1. The van der Waals surface area contributed by atoms with E-state index in [1.54, 1.807) is 31.0 Å². The highest BCUT2D eigenvalue weighted by Gasteiger charge is 2.53. The fourth-order valence-electron chi connectivity index (χ4n) is 5.14. The van der Waals surface area contributed by atoms with Crippen LogP contribution in [0.25, 0.3) is 10.9 Å². The average Bonchev–Trinajstić information content (AvgIpc) is 3.32. The normalized spacial score (nSPS) is 17.2. The Kier molecular flexibility index (Phi) is 5.16. The van der Waals surface area contributed by atoms with E-state index in [0.717, 1.165) is 39.2 Å². The van der Waals surface area contributed by atoms with E-state index in [9.17, 15) is 9.59 Å². The number of anilines is 2. The van der Waals surface area contributed by atoms with Crippen LogP contribution in [0.2, 0.25) is 0 Å². The summed E-state index contributed by atoms with van der Waals surface area (Å²) in [4.78, 5) is 31.1. The van der Waals surface area contributed by atoms with Crippen molar-refractivity contribution in [3.8, 4) is 5.75 Å². The fraction of sp³-hybridized carbons (Fsp3) is 0.214. The number of benzene rings is 3. The molecule has 0 bridgehead atoms. The van der Waals surface area contributed by atoms with Gasteiger partial charge in [-0.25, -0.2) is 0 Å². The molecule has 6 heteroatoms. The van der Waals surface area contributed by atoms with Crippen LogP contribution < -0.4 is 14.5 Å². The molecule has 0 fully saturated rings. The van der Waals surface area contributed by atoms with Crippen molar-refractivity contribution in [3.63, 3.8) is 0 Å². The lowest BCUT2D eigenvalue weighted by Crippen LogP contribution is -2.44. The Morgan fingerprint density at radius 1 is 0.941 bits per heavy atom. The monoisotopic (exact) mass is 453 g/mol. The van der Waals surface area contributed by atoms with E-state index in [1.165, 1.54) is 0 Å². The summed E-state index contributed by atoms with van der Waals surface area (Å²) in [5.74, 6) is 0.483. The molecule has 0 N–H and O–H groups in total. The highest BCUT2D eigenvalue weighted by molar-refractivity contribution is 6.15. The molecular weight excluding hydrogens is 426 g/mol. The van der Waals surface area contributed by atoms with E-state index in [2.05, 4.69) is 0 Å². The number of carbonyl (C=O) groups excluding carboxylic acids is 2. The van der Waals surface area contributed by atoms with Gasteiger partial charge >= 0.3 is 0 Å². The van der Waals surface area contributed by atoms with Gasteiger partial charge in [-0.15, -0.1) is 0 Å². The molecule has 1 aromatic heterocycles. The van der Waals surface area contributed by atoms with Crippen LogP contribution in [0.4, 0.5) is 11.4 Å². The molecule has 0 unspecified atom stereocenters. The molecule has 0 saturated carbocycles. The van der Waals surface area contributed by atoms with Gasteiger partial charge in [-0.2, -0.15) is 0 Å². The number of para-hydroxylation sites is 2. The Bertz CT molecular complexity index is 1410. The summed E-state index contributed by atoms with van der Waals surface area (Å²) >= 11 is 0. The third-order valence-corrected chi connectivity index (χ3v) is 7.00. The number of methoxy groups -OCH3 is 1. The number of carbonyl (C=O) groups is 2. The maximum absolute atomic E-state index is 14.0. The number of rotatable bonds is 5.